The number of carboxylic acids is 1. The van der Waals surface area contributed by atoms with E-state index >= 15 is 0 Å². The number of fused-ring (bicyclic) bond motifs is 1. The summed E-state index contributed by atoms with van der Waals surface area (Å²) in [7, 11) is 1.44. The Balaban J connectivity index is 2.62. The molecule has 0 atom stereocenters. The van der Waals surface area contributed by atoms with Gasteiger partial charge in [-0.3, -0.25) is 4.79 Å². The smallest absolute Gasteiger partial charge is 0.377 e. The van der Waals surface area contributed by atoms with Gasteiger partial charge in [0.05, 0.1) is 13.7 Å². The number of hydrogen-bond donors (Lipinski definition) is 1. The van der Waals surface area contributed by atoms with E-state index in [1.165, 1.54) is 13.2 Å². The molecular formula is C11H9BrO5. The van der Waals surface area contributed by atoms with Crippen molar-refractivity contribution >= 4 is 27.7 Å². The maximum absolute atomic E-state index is 11.5. The Morgan fingerprint density at radius 3 is 2.82 bits per heavy atom. The Bertz CT molecular complexity index is 509. The van der Waals surface area contributed by atoms with Crippen LogP contribution in [0.5, 0.6) is 11.5 Å². The fraction of sp³-hybridized carbons (Fsp3) is 0.273. The van der Waals surface area contributed by atoms with Gasteiger partial charge in [0.15, 0.2) is 11.5 Å². The van der Waals surface area contributed by atoms with E-state index < -0.39 is 11.8 Å². The second-order valence-corrected chi connectivity index (χ2v) is 4.27. The van der Waals surface area contributed by atoms with Gasteiger partial charge in [-0.05, 0) is 22.0 Å². The Morgan fingerprint density at radius 1 is 1.53 bits per heavy atom. The minimum absolute atomic E-state index is 0.0820. The predicted octanol–water partition coefficient (Wildman–Crippen LogP) is 1.66. The zero-order chi connectivity index (χ0) is 12.6. The molecule has 0 radical (unpaired) electrons. The third-order valence-electron chi connectivity index (χ3n) is 2.53. The van der Waals surface area contributed by atoms with Crippen LogP contribution in [0.4, 0.5) is 0 Å². The summed E-state index contributed by atoms with van der Waals surface area (Å²) in [6.45, 7) is 0.495. The number of Topliss-reactive ketones (excluding diaryl/α,β-unsaturated/α-hetero) is 1. The molecule has 0 saturated heterocycles. The summed E-state index contributed by atoms with van der Waals surface area (Å²) in [6.07, 6.45) is 0.618. The first-order chi connectivity index (χ1) is 8.06. The number of carboxylic acid groups (broad SMARTS) is 1. The zero-order valence-corrected chi connectivity index (χ0v) is 10.5. The quantitative estimate of drug-likeness (QED) is 0.679. The summed E-state index contributed by atoms with van der Waals surface area (Å²) in [5, 5.41) is 8.73. The summed E-state index contributed by atoms with van der Waals surface area (Å²) in [4.78, 5) is 22.2. The number of methoxy groups -OCH3 is 1. The van der Waals surface area contributed by atoms with Crippen molar-refractivity contribution in [2.45, 2.75) is 6.42 Å². The van der Waals surface area contributed by atoms with Crippen molar-refractivity contribution < 1.29 is 24.2 Å². The van der Waals surface area contributed by atoms with Crippen molar-refractivity contribution in [1.29, 1.82) is 0 Å². The molecule has 0 spiro atoms. The molecule has 6 heteroatoms. The first-order valence-electron chi connectivity index (χ1n) is 4.86. The van der Waals surface area contributed by atoms with Crippen LogP contribution < -0.4 is 9.47 Å². The molecule has 90 valence electrons. The van der Waals surface area contributed by atoms with Gasteiger partial charge in [0.2, 0.25) is 0 Å². The summed E-state index contributed by atoms with van der Waals surface area (Å²) in [5.74, 6) is -1.51. The number of carbonyl (C=O) groups is 2. The van der Waals surface area contributed by atoms with E-state index in [1.807, 2.05) is 0 Å². The first-order valence-corrected chi connectivity index (χ1v) is 5.65. The molecule has 0 amide bonds. The minimum atomic E-state index is -1.49. The highest BCUT2D eigenvalue weighted by molar-refractivity contribution is 9.10. The molecular weight excluding hydrogens is 292 g/mol. The molecule has 1 aliphatic rings. The number of ether oxygens (including phenoxy) is 2. The van der Waals surface area contributed by atoms with Crippen LogP contribution in [-0.2, 0) is 11.2 Å². The van der Waals surface area contributed by atoms with E-state index in [9.17, 15) is 9.59 Å². The molecule has 2 rings (SSSR count). The van der Waals surface area contributed by atoms with Gasteiger partial charge in [-0.25, -0.2) is 4.79 Å². The summed E-state index contributed by atoms with van der Waals surface area (Å²) >= 11 is 3.24. The molecule has 0 aromatic heterocycles. The lowest BCUT2D eigenvalue weighted by atomic mass is 10.0. The van der Waals surface area contributed by atoms with Gasteiger partial charge in [-0.1, -0.05) is 0 Å². The van der Waals surface area contributed by atoms with Gasteiger partial charge in [0.1, 0.15) is 0 Å². The number of benzene rings is 1. The van der Waals surface area contributed by atoms with Gasteiger partial charge in [0, 0.05) is 22.0 Å². The van der Waals surface area contributed by atoms with Crippen LogP contribution in [-0.4, -0.2) is 30.6 Å². The molecule has 1 N–H and O–H groups in total. The lowest BCUT2D eigenvalue weighted by Gasteiger charge is -2.10. The number of ketones is 1. The summed E-state index contributed by atoms with van der Waals surface area (Å²) < 4.78 is 10.9. The minimum Gasteiger partial charge on any atom is -0.493 e. The number of halogens is 1. The van der Waals surface area contributed by atoms with Crippen molar-refractivity contribution in [3.63, 3.8) is 0 Å². The Kier molecular flexibility index (Phi) is 3.06. The van der Waals surface area contributed by atoms with E-state index in [4.69, 9.17) is 14.6 Å². The maximum Gasteiger partial charge on any atom is 0.377 e. The van der Waals surface area contributed by atoms with E-state index in [2.05, 4.69) is 15.9 Å². The van der Waals surface area contributed by atoms with Crippen LogP contribution in [0, 0.1) is 0 Å². The van der Waals surface area contributed by atoms with Gasteiger partial charge >= 0.3 is 5.97 Å². The van der Waals surface area contributed by atoms with E-state index in [-0.39, 0.29) is 5.56 Å². The fourth-order valence-electron chi connectivity index (χ4n) is 1.74. The third-order valence-corrected chi connectivity index (χ3v) is 3.44. The first kappa shape index (κ1) is 11.9. The van der Waals surface area contributed by atoms with Crippen molar-refractivity contribution in [1.82, 2.24) is 0 Å². The predicted molar refractivity (Wildman–Crippen MR) is 61.9 cm³/mol. The average Bonchev–Trinajstić information content (AvgIpc) is 2.78. The van der Waals surface area contributed by atoms with Crippen molar-refractivity contribution in [3.8, 4) is 11.5 Å². The Labute approximate surface area is 105 Å². The average molecular weight is 301 g/mol. The highest BCUT2D eigenvalue weighted by Gasteiger charge is 2.27. The number of rotatable bonds is 3. The van der Waals surface area contributed by atoms with Crippen LogP contribution in [0.3, 0.4) is 0 Å². The molecule has 5 nitrogen and oxygen atoms in total. The molecule has 0 unspecified atom stereocenters. The van der Waals surface area contributed by atoms with Crippen LogP contribution in [0.1, 0.15) is 15.9 Å². The number of aliphatic carboxylic acids is 1. The Morgan fingerprint density at radius 2 is 2.24 bits per heavy atom. The highest BCUT2D eigenvalue weighted by atomic mass is 79.9. The monoisotopic (exact) mass is 300 g/mol. The van der Waals surface area contributed by atoms with Crippen molar-refractivity contribution in [2.24, 2.45) is 0 Å². The highest BCUT2D eigenvalue weighted by Crippen LogP contribution is 2.42. The molecule has 1 heterocycles. The molecule has 0 bridgehead atoms. The normalized spacial score (nSPS) is 12.8. The second kappa shape index (κ2) is 4.37. The molecule has 0 aliphatic carbocycles. The van der Waals surface area contributed by atoms with Crippen LogP contribution in [0.2, 0.25) is 0 Å². The van der Waals surface area contributed by atoms with Crippen LogP contribution in [0.15, 0.2) is 10.5 Å². The number of carbonyl (C=O) groups excluding carboxylic acids is 1. The third kappa shape index (κ3) is 1.88. The summed E-state index contributed by atoms with van der Waals surface area (Å²) in [6, 6.07) is 1.38. The maximum atomic E-state index is 11.5. The van der Waals surface area contributed by atoms with Gasteiger partial charge in [0.25, 0.3) is 5.78 Å². The van der Waals surface area contributed by atoms with Gasteiger partial charge < -0.3 is 14.6 Å². The zero-order valence-electron chi connectivity index (χ0n) is 8.95. The van der Waals surface area contributed by atoms with E-state index in [0.29, 0.717) is 29.0 Å². The molecule has 1 aromatic rings. The van der Waals surface area contributed by atoms with E-state index in [0.717, 1.165) is 5.56 Å². The number of hydrogen-bond acceptors (Lipinski definition) is 4. The second-order valence-electron chi connectivity index (χ2n) is 3.48. The van der Waals surface area contributed by atoms with Gasteiger partial charge in [-0.2, -0.15) is 0 Å². The molecule has 17 heavy (non-hydrogen) atoms. The fourth-order valence-corrected chi connectivity index (χ4v) is 2.41. The molecule has 0 fully saturated rings. The molecule has 0 saturated carbocycles. The van der Waals surface area contributed by atoms with Crippen molar-refractivity contribution in [2.75, 3.05) is 13.7 Å². The molecule has 1 aromatic carbocycles. The van der Waals surface area contributed by atoms with Crippen LogP contribution >= 0.6 is 15.9 Å². The lowest BCUT2D eigenvalue weighted by Crippen LogP contribution is -2.14. The van der Waals surface area contributed by atoms with Gasteiger partial charge in [-0.15, -0.1) is 0 Å². The topological polar surface area (TPSA) is 72.8 Å². The lowest BCUT2D eigenvalue weighted by molar-refractivity contribution is -0.131. The SMILES string of the molecule is COc1cc(C(=O)C(=O)O)c(Br)c2c1OCC2. The molecule has 1 aliphatic heterocycles. The standard InChI is InChI=1S/C11H9BrO5/c1-16-7-4-6(9(13)11(14)15)8(12)5-2-3-17-10(5)7/h4H,2-3H2,1H3,(H,14,15). The summed E-state index contributed by atoms with van der Waals surface area (Å²) in [5.41, 5.74) is 0.854. The van der Waals surface area contributed by atoms with E-state index in [1.54, 1.807) is 0 Å². The Hall–Kier alpha value is -1.56. The van der Waals surface area contributed by atoms with Crippen molar-refractivity contribution in [3.05, 3.63) is 21.7 Å². The largest absolute Gasteiger partial charge is 0.493 e. The van der Waals surface area contributed by atoms with Crippen LogP contribution in [0.25, 0.3) is 0 Å².